The Bertz CT molecular complexity index is 1070. The second-order valence-electron chi connectivity index (χ2n) is 5.41. The first-order valence-corrected chi connectivity index (χ1v) is 9.21. The number of thiazole rings is 1. The second kappa shape index (κ2) is 6.15. The van der Waals surface area contributed by atoms with Gasteiger partial charge in [-0.15, -0.1) is 11.3 Å². The molecule has 1 aromatic carbocycles. The third-order valence-electron chi connectivity index (χ3n) is 3.74. The van der Waals surface area contributed by atoms with Gasteiger partial charge in [-0.3, -0.25) is 0 Å². The lowest BCUT2D eigenvalue weighted by atomic mass is 10.3. The summed E-state index contributed by atoms with van der Waals surface area (Å²) >= 11 is 20.0. The molecule has 0 saturated heterocycles. The van der Waals surface area contributed by atoms with Crippen LogP contribution < -0.4 is 0 Å². The van der Waals surface area contributed by atoms with Crippen molar-refractivity contribution < 1.29 is 0 Å². The molecule has 0 bridgehead atoms. The molecule has 0 N–H and O–H groups in total. The molecular weight excluding hydrogens is 387 g/mol. The van der Waals surface area contributed by atoms with Crippen molar-refractivity contribution in [2.75, 3.05) is 0 Å². The van der Waals surface area contributed by atoms with E-state index < -0.39 is 0 Å². The van der Waals surface area contributed by atoms with Crippen molar-refractivity contribution in [3.05, 3.63) is 55.9 Å². The average Bonchev–Trinajstić information content (AvgIpc) is 3.14. The molecule has 3 heterocycles. The van der Waals surface area contributed by atoms with Crippen molar-refractivity contribution in [2.24, 2.45) is 0 Å². The van der Waals surface area contributed by atoms with Crippen molar-refractivity contribution in [1.82, 2.24) is 19.6 Å². The standard InChI is InChI=1S/C16H11Cl3N4S/c1-8-10(18)7-11(19)16-21-14(22-23(8)16)4-5-15-20-12-6-9(17)2-3-13(12)24-15/h2-3,6-7H,4-5H2,1H3. The lowest BCUT2D eigenvalue weighted by molar-refractivity contribution is 0.821. The number of nitrogens with zero attached hydrogens (tertiary/aromatic N) is 4. The SMILES string of the molecule is Cc1c(Cl)cc(Cl)c2nc(CCc3nc4cc(Cl)ccc4s3)nn12. The van der Waals surface area contributed by atoms with E-state index >= 15 is 0 Å². The summed E-state index contributed by atoms with van der Waals surface area (Å²) in [6.45, 7) is 1.89. The second-order valence-corrected chi connectivity index (χ2v) is 7.77. The molecule has 4 rings (SSSR count). The van der Waals surface area contributed by atoms with Crippen LogP contribution in [0.5, 0.6) is 0 Å². The number of aryl methyl sites for hydroxylation is 3. The van der Waals surface area contributed by atoms with Crippen molar-refractivity contribution >= 4 is 62.0 Å². The maximum absolute atomic E-state index is 6.20. The Morgan fingerprint density at radius 2 is 1.88 bits per heavy atom. The molecule has 0 aliphatic carbocycles. The fourth-order valence-corrected chi connectivity index (χ4v) is 4.09. The fourth-order valence-electron chi connectivity index (χ4n) is 2.50. The van der Waals surface area contributed by atoms with Gasteiger partial charge in [0.25, 0.3) is 0 Å². The molecule has 24 heavy (non-hydrogen) atoms. The average molecular weight is 398 g/mol. The molecule has 0 amide bonds. The summed E-state index contributed by atoms with van der Waals surface area (Å²) < 4.78 is 2.82. The Kier molecular flexibility index (Phi) is 4.12. The molecule has 0 spiro atoms. The minimum absolute atomic E-state index is 0.499. The van der Waals surface area contributed by atoms with Crippen molar-refractivity contribution in [2.45, 2.75) is 19.8 Å². The zero-order valence-electron chi connectivity index (χ0n) is 12.6. The summed E-state index contributed by atoms with van der Waals surface area (Å²) in [5, 5.41) is 7.32. The molecule has 122 valence electrons. The van der Waals surface area contributed by atoms with Gasteiger partial charge in [0.1, 0.15) is 0 Å². The minimum atomic E-state index is 0.499. The van der Waals surface area contributed by atoms with Crippen LogP contribution in [0.25, 0.3) is 15.9 Å². The van der Waals surface area contributed by atoms with Gasteiger partial charge in [0, 0.05) is 17.9 Å². The Hall–Kier alpha value is -1.40. The Balaban J connectivity index is 1.62. The van der Waals surface area contributed by atoms with E-state index in [1.807, 2.05) is 25.1 Å². The van der Waals surface area contributed by atoms with E-state index in [0.717, 1.165) is 33.2 Å². The number of rotatable bonds is 3. The van der Waals surface area contributed by atoms with Crippen LogP contribution in [0.4, 0.5) is 0 Å². The van der Waals surface area contributed by atoms with Crippen LogP contribution in [0.3, 0.4) is 0 Å². The molecular formula is C16H11Cl3N4S. The molecule has 0 unspecified atom stereocenters. The highest BCUT2D eigenvalue weighted by Crippen LogP contribution is 2.27. The predicted molar refractivity (Wildman–Crippen MR) is 99.8 cm³/mol. The lowest BCUT2D eigenvalue weighted by Crippen LogP contribution is -1.96. The molecule has 0 aliphatic rings. The van der Waals surface area contributed by atoms with Gasteiger partial charge in [-0.25, -0.2) is 14.5 Å². The van der Waals surface area contributed by atoms with Gasteiger partial charge in [-0.05, 0) is 31.2 Å². The summed E-state index contributed by atoms with van der Waals surface area (Å²) in [7, 11) is 0. The normalized spacial score (nSPS) is 11.7. The Labute approximate surface area is 157 Å². The summed E-state index contributed by atoms with van der Waals surface area (Å²) in [6, 6.07) is 7.45. The van der Waals surface area contributed by atoms with E-state index in [1.165, 1.54) is 0 Å². The topological polar surface area (TPSA) is 43.1 Å². The van der Waals surface area contributed by atoms with Gasteiger partial charge in [0.15, 0.2) is 11.5 Å². The number of benzene rings is 1. The van der Waals surface area contributed by atoms with Crippen LogP contribution in [0.2, 0.25) is 15.1 Å². The monoisotopic (exact) mass is 396 g/mol. The number of aromatic nitrogens is 4. The summed E-state index contributed by atoms with van der Waals surface area (Å²) in [5.41, 5.74) is 2.38. The molecule has 0 saturated carbocycles. The van der Waals surface area contributed by atoms with Crippen LogP contribution in [0, 0.1) is 6.92 Å². The maximum Gasteiger partial charge on any atom is 0.174 e. The molecule has 4 aromatic rings. The highest BCUT2D eigenvalue weighted by atomic mass is 35.5. The summed E-state index contributed by atoms with van der Waals surface area (Å²) in [4.78, 5) is 9.13. The van der Waals surface area contributed by atoms with Crippen LogP contribution >= 0.6 is 46.1 Å². The number of hydrogen-bond donors (Lipinski definition) is 0. The zero-order chi connectivity index (χ0) is 16.8. The first kappa shape index (κ1) is 16.1. The third-order valence-corrected chi connectivity index (χ3v) is 5.73. The van der Waals surface area contributed by atoms with Gasteiger partial charge in [-0.1, -0.05) is 34.8 Å². The van der Waals surface area contributed by atoms with E-state index in [1.54, 1.807) is 21.9 Å². The molecule has 3 aromatic heterocycles. The van der Waals surface area contributed by atoms with Crippen molar-refractivity contribution in [3.63, 3.8) is 0 Å². The molecule has 0 fully saturated rings. The highest BCUT2D eigenvalue weighted by molar-refractivity contribution is 7.18. The molecule has 8 heteroatoms. The van der Waals surface area contributed by atoms with Crippen LogP contribution in [0.1, 0.15) is 16.5 Å². The van der Waals surface area contributed by atoms with E-state index in [9.17, 15) is 0 Å². The van der Waals surface area contributed by atoms with Crippen LogP contribution in [-0.4, -0.2) is 19.6 Å². The van der Waals surface area contributed by atoms with Gasteiger partial charge >= 0.3 is 0 Å². The predicted octanol–water partition coefficient (Wildman–Crippen LogP) is 5.39. The van der Waals surface area contributed by atoms with Gasteiger partial charge in [-0.2, -0.15) is 5.10 Å². The molecule has 0 radical (unpaired) electrons. The van der Waals surface area contributed by atoms with Crippen LogP contribution in [-0.2, 0) is 12.8 Å². The van der Waals surface area contributed by atoms with Gasteiger partial charge in [0.2, 0.25) is 0 Å². The maximum atomic E-state index is 6.20. The Morgan fingerprint density at radius 3 is 2.71 bits per heavy atom. The first-order chi connectivity index (χ1) is 11.5. The first-order valence-electron chi connectivity index (χ1n) is 7.26. The van der Waals surface area contributed by atoms with E-state index in [-0.39, 0.29) is 0 Å². The third kappa shape index (κ3) is 2.86. The highest BCUT2D eigenvalue weighted by Gasteiger charge is 2.13. The summed E-state index contributed by atoms with van der Waals surface area (Å²) in [5.74, 6) is 0.722. The smallest absolute Gasteiger partial charge is 0.174 e. The largest absolute Gasteiger partial charge is 0.241 e. The van der Waals surface area contributed by atoms with Crippen molar-refractivity contribution in [1.29, 1.82) is 0 Å². The number of halogens is 3. The number of hydrogen-bond acceptors (Lipinski definition) is 4. The van der Waals surface area contributed by atoms with E-state index in [0.29, 0.717) is 27.1 Å². The van der Waals surface area contributed by atoms with Crippen molar-refractivity contribution in [3.8, 4) is 0 Å². The number of pyridine rings is 1. The Morgan fingerprint density at radius 1 is 1.04 bits per heavy atom. The van der Waals surface area contributed by atoms with Gasteiger partial charge in [0.05, 0.1) is 31.0 Å². The summed E-state index contributed by atoms with van der Waals surface area (Å²) in [6.07, 6.45) is 1.45. The van der Waals surface area contributed by atoms with E-state index in [4.69, 9.17) is 34.8 Å². The van der Waals surface area contributed by atoms with Crippen LogP contribution in [0.15, 0.2) is 24.3 Å². The lowest BCUT2D eigenvalue weighted by Gasteiger charge is -2.01. The molecule has 4 nitrogen and oxygen atoms in total. The van der Waals surface area contributed by atoms with E-state index in [2.05, 4.69) is 15.1 Å². The fraction of sp³-hybridized carbons (Fsp3) is 0.188. The van der Waals surface area contributed by atoms with Gasteiger partial charge < -0.3 is 0 Å². The zero-order valence-corrected chi connectivity index (χ0v) is 15.6. The minimum Gasteiger partial charge on any atom is -0.241 e. The quantitative estimate of drug-likeness (QED) is 0.465. The number of fused-ring (bicyclic) bond motifs is 2. The molecule has 0 atom stereocenters. The molecule has 0 aliphatic heterocycles.